The lowest BCUT2D eigenvalue weighted by atomic mass is 10.3. The Morgan fingerprint density at radius 2 is 2.25 bits per heavy atom. The molecule has 16 heavy (non-hydrogen) atoms. The Labute approximate surface area is 97.7 Å². The van der Waals surface area contributed by atoms with Gasteiger partial charge in [-0.1, -0.05) is 0 Å². The first-order chi connectivity index (χ1) is 7.88. The van der Waals surface area contributed by atoms with E-state index in [9.17, 15) is 0 Å². The van der Waals surface area contributed by atoms with Crippen molar-refractivity contribution in [1.82, 2.24) is 9.97 Å². The molecule has 0 aliphatic rings. The number of pyridine rings is 1. The van der Waals surface area contributed by atoms with E-state index in [1.165, 1.54) is 0 Å². The summed E-state index contributed by atoms with van der Waals surface area (Å²) in [4.78, 5) is 8.24. The van der Waals surface area contributed by atoms with E-state index in [1.807, 2.05) is 23.7 Å². The number of nitrogen functional groups attached to an aromatic ring is 1. The molecule has 0 saturated heterocycles. The number of nitrogens with two attached hydrogens (primary N) is 1. The second kappa shape index (κ2) is 5.43. The molecule has 4 N–H and O–H groups in total. The summed E-state index contributed by atoms with van der Waals surface area (Å²) in [5, 5.41) is 6.41. The fraction of sp³-hybridized carbons (Fsp3) is 0.200. The smallest absolute Gasteiger partial charge is 0.141 e. The number of nitrogens with one attached hydrogen (secondary N) is 2. The molecule has 0 aromatic carbocycles. The standard InChI is InChI=1S/C10H13N5S/c11-15-9-7-8(1-3-13-9)12-4-2-10-14-5-6-16-10/h1,3,5-7H,2,4,11H2,(H2,12,13,15). The van der Waals surface area contributed by atoms with E-state index >= 15 is 0 Å². The van der Waals surface area contributed by atoms with Gasteiger partial charge in [0.2, 0.25) is 0 Å². The van der Waals surface area contributed by atoms with E-state index in [-0.39, 0.29) is 0 Å². The molecule has 0 unspecified atom stereocenters. The molecule has 6 heteroatoms. The van der Waals surface area contributed by atoms with Crippen molar-refractivity contribution in [2.75, 3.05) is 17.3 Å². The average Bonchev–Trinajstić information content (AvgIpc) is 2.82. The van der Waals surface area contributed by atoms with Crippen LogP contribution in [0.25, 0.3) is 0 Å². The largest absolute Gasteiger partial charge is 0.384 e. The van der Waals surface area contributed by atoms with Crippen LogP contribution in [0.15, 0.2) is 29.9 Å². The van der Waals surface area contributed by atoms with E-state index < -0.39 is 0 Å². The van der Waals surface area contributed by atoms with Gasteiger partial charge in [0.15, 0.2) is 0 Å². The molecule has 0 radical (unpaired) electrons. The Morgan fingerprint density at radius 3 is 3.00 bits per heavy atom. The SMILES string of the molecule is NNc1cc(NCCc2nccs2)ccn1. The Kier molecular flexibility index (Phi) is 3.68. The highest BCUT2D eigenvalue weighted by Gasteiger charge is 1.97. The van der Waals surface area contributed by atoms with Crippen molar-refractivity contribution in [3.05, 3.63) is 34.9 Å². The number of hydrazine groups is 1. The van der Waals surface area contributed by atoms with Gasteiger partial charge in [-0.25, -0.2) is 15.8 Å². The number of nitrogens with zero attached hydrogens (tertiary/aromatic N) is 2. The van der Waals surface area contributed by atoms with Crippen LogP contribution in [0, 0.1) is 0 Å². The van der Waals surface area contributed by atoms with Gasteiger partial charge in [0.1, 0.15) is 5.82 Å². The van der Waals surface area contributed by atoms with Crippen molar-refractivity contribution in [3.8, 4) is 0 Å². The van der Waals surface area contributed by atoms with Crippen molar-refractivity contribution >= 4 is 22.8 Å². The first kappa shape index (κ1) is 10.8. The molecular formula is C10H13N5S. The van der Waals surface area contributed by atoms with E-state index in [0.29, 0.717) is 5.82 Å². The van der Waals surface area contributed by atoms with Crippen LogP contribution in [-0.4, -0.2) is 16.5 Å². The molecule has 5 nitrogen and oxygen atoms in total. The molecule has 0 amide bonds. The van der Waals surface area contributed by atoms with Crippen LogP contribution in [0.5, 0.6) is 0 Å². The topological polar surface area (TPSA) is 75.9 Å². The number of rotatable bonds is 5. The Balaban J connectivity index is 1.85. The summed E-state index contributed by atoms with van der Waals surface area (Å²) in [7, 11) is 0. The predicted octanol–water partition coefficient (Wildman–Crippen LogP) is 1.48. The zero-order valence-corrected chi connectivity index (χ0v) is 9.50. The van der Waals surface area contributed by atoms with Gasteiger partial charge in [-0.15, -0.1) is 11.3 Å². The number of aromatic nitrogens is 2. The van der Waals surface area contributed by atoms with Gasteiger partial charge in [0.25, 0.3) is 0 Å². The van der Waals surface area contributed by atoms with Crippen LogP contribution in [0.4, 0.5) is 11.5 Å². The van der Waals surface area contributed by atoms with E-state index in [1.54, 1.807) is 17.5 Å². The summed E-state index contributed by atoms with van der Waals surface area (Å²) in [5.41, 5.74) is 3.51. The summed E-state index contributed by atoms with van der Waals surface area (Å²) in [6, 6.07) is 3.77. The molecule has 2 aromatic heterocycles. The molecule has 0 aliphatic carbocycles. The van der Waals surface area contributed by atoms with Gasteiger partial charge in [-0.05, 0) is 6.07 Å². The minimum atomic E-state index is 0.652. The molecule has 2 aromatic rings. The van der Waals surface area contributed by atoms with Crippen molar-refractivity contribution < 1.29 is 0 Å². The molecule has 0 bridgehead atoms. The summed E-state index contributed by atoms with van der Waals surface area (Å²) in [6.45, 7) is 0.849. The lowest BCUT2D eigenvalue weighted by Crippen LogP contribution is -2.09. The minimum absolute atomic E-state index is 0.652. The Morgan fingerprint density at radius 1 is 1.31 bits per heavy atom. The van der Waals surface area contributed by atoms with Crippen LogP contribution in [0.2, 0.25) is 0 Å². The maximum atomic E-state index is 5.28. The molecule has 0 saturated carbocycles. The zero-order valence-electron chi connectivity index (χ0n) is 8.68. The molecule has 2 rings (SSSR count). The quantitative estimate of drug-likeness (QED) is 0.540. The highest BCUT2D eigenvalue weighted by molar-refractivity contribution is 7.09. The monoisotopic (exact) mass is 235 g/mol. The van der Waals surface area contributed by atoms with Crippen molar-refractivity contribution in [2.24, 2.45) is 5.84 Å². The van der Waals surface area contributed by atoms with E-state index in [4.69, 9.17) is 5.84 Å². The molecule has 0 atom stereocenters. The molecule has 0 aliphatic heterocycles. The third-order valence-corrected chi connectivity index (χ3v) is 2.90. The number of hydrogen-bond donors (Lipinski definition) is 3. The third-order valence-electron chi connectivity index (χ3n) is 2.06. The molecule has 0 fully saturated rings. The third kappa shape index (κ3) is 2.91. The Hall–Kier alpha value is -1.66. The summed E-state index contributed by atoms with van der Waals surface area (Å²) >= 11 is 1.67. The lowest BCUT2D eigenvalue weighted by Gasteiger charge is -2.06. The van der Waals surface area contributed by atoms with E-state index in [2.05, 4.69) is 20.7 Å². The fourth-order valence-electron chi connectivity index (χ4n) is 1.31. The van der Waals surface area contributed by atoms with Gasteiger partial charge in [0.05, 0.1) is 5.01 Å². The van der Waals surface area contributed by atoms with Gasteiger partial charge in [-0.2, -0.15) is 0 Å². The lowest BCUT2D eigenvalue weighted by molar-refractivity contribution is 0.997. The average molecular weight is 235 g/mol. The molecule has 2 heterocycles. The zero-order chi connectivity index (χ0) is 11.2. The summed E-state index contributed by atoms with van der Waals surface area (Å²) in [6.07, 6.45) is 4.45. The van der Waals surface area contributed by atoms with Crippen LogP contribution in [-0.2, 0) is 6.42 Å². The van der Waals surface area contributed by atoms with Gasteiger partial charge >= 0.3 is 0 Å². The highest BCUT2D eigenvalue weighted by atomic mass is 32.1. The van der Waals surface area contributed by atoms with Crippen LogP contribution < -0.4 is 16.6 Å². The fourth-order valence-corrected chi connectivity index (χ4v) is 1.93. The van der Waals surface area contributed by atoms with Gasteiger partial charge in [0, 0.05) is 42.5 Å². The first-order valence-corrected chi connectivity index (χ1v) is 5.81. The second-order valence-electron chi connectivity index (χ2n) is 3.18. The van der Waals surface area contributed by atoms with Crippen molar-refractivity contribution in [2.45, 2.75) is 6.42 Å². The first-order valence-electron chi connectivity index (χ1n) is 4.93. The maximum absolute atomic E-state index is 5.28. The molecular weight excluding hydrogens is 222 g/mol. The highest BCUT2D eigenvalue weighted by Crippen LogP contribution is 2.11. The number of hydrogen-bond acceptors (Lipinski definition) is 6. The van der Waals surface area contributed by atoms with E-state index in [0.717, 1.165) is 23.7 Å². The van der Waals surface area contributed by atoms with Crippen molar-refractivity contribution in [3.63, 3.8) is 0 Å². The number of thiazole rings is 1. The van der Waals surface area contributed by atoms with Crippen LogP contribution in [0.3, 0.4) is 0 Å². The molecule has 0 spiro atoms. The van der Waals surface area contributed by atoms with Crippen molar-refractivity contribution in [1.29, 1.82) is 0 Å². The summed E-state index contributed by atoms with van der Waals surface area (Å²) < 4.78 is 0. The second-order valence-corrected chi connectivity index (χ2v) is 4.16. The summed E-state index contributed by atoms with van der Waals surface area (Å²) in [5.74, 6) is 5.93. The van der Waals surface area contributed by atoms with Gasteiger partial charge < -0.3 is 10.7 Å². The van der Waals surface area contributed by atoms with Gasteiger partial charge in [-0.3, -0.25) is 0 Å². The van der Waals surface area contributed by atoms with Crippen LogP contribution in [0.1, 0.15) is 5.01 Å². The maximum Gasteiger partial charge on any atom is 0.141 e. The molecule has 84 valence electrons. The minimum Gasteiger partial charge on any atom is -0.384 e. The number of anilines is 2. The normalized spacial score (nSPS) is 10.1. The van der Waals surface area contributed by atoms with Crippen LogP contribution >= 0.6 is 11.3 Å². The Bertz CT molecular complexity index is 429. The predicted molar refractivity (Wildman–Crippen MR) is 66.4 cm³/mol.